The second kappa shape index (κ2) is 7.46. The van der Waals surface area contributed by atoms with Gasteiger partial charge in [-0.3, -0.25) is 0 Å². The third kappa shape index (κ3) is 3.70. The summed E-state index contributed by atoms with van der Waals surface area (Å²) in [6.07, 6.45) is 5.25. The van der Waals surface area contributed by atoms with Crippen LogP contribution in [0.4, 0.5) is 17.1 Å². The summed E-state index contributed by atoms with van der Waals surface area (Å²) in [7, 11) is 0. The molecule has 23 heavy (non-hydrogen) atoms. The van der Waals surface area contributed by atoms with E-state index in [1.807, 2.05) is 12.1 Å². The molecule has 0 aliphatic heterocycles. The molecule has 3 aromatic rings. The Morgan fingerprint density at radius 2 is 1.13 bits per heavy atom. The first-order valence-corrected chi connectivity index (χ1v) is 7.99. The van der Waals surface area contributed by atoms with E-state index in [1.165, 1.54) is 22.6 Å². The highest BCUT2D eigenvalue weighted by Gasteiger charge is 2.11. The number of benzene rings is 3. The van der Waals surface area contributed by atoms with E-state index in [2.05, 4.69) is 96.8 Å². The lowest BCUT2D eigenvalue weighted by atomic mass is 10.1. The lowest BCUT2D eigenvalue weighted by Crippen LogP contribution is -2.09. The van der Waals surface area contributed by atoms with Crippen LogP contribution in [0.5, 0.6) is 0 Å². The van der Waals surface area contributed by atoms with Gasteiger partial charge in [0.2, 0.25) is 0 Å². The van der Waals surface area contributed by atoms with Crippen LogP contribution in [-0.4, -0.2) is 0 Å². The molecule has 0 aliphatic rings. The molecule has 3 aromatic carbocycles. The summed E-state index contributed by atoms with van der Waals surface area (Å²) in [5, 5.41) is 0. The van der Waals surface area contributed by atoms with Gasteiger partial charge in [-0.15, -0.1) is 0 Å². The maximum atomic E-state index is 2.28. The summed E-state index contributed by atoms with van der Waals surface area (Å²) in [6.45, 7) is 2.06. The van der Waals surface area contributed by atoms with E-state index in [1.54, 1.807) is 0 Å². The smallest absolute Gasteiger partial charge is 0.0461 e. The van der Waals surface area contributed by atoms with E-state index in [9.17, 15) is 0 Å². The van der Waals surface area contributed by atoms with Gasteiger partial charge in [-0.2, -0.15) is 0 Å². The molecule has 0 N–H and O–H groups in total. The molecule has 0 unspecified atom stereocenters. The second-order valence-electron chi connectivity index (χ2n) is 5.45. The number of hydrogen-bond donors (Lipinski definition) is 0. The molecule has 0 saturated heterocycles. The van der Waals surface area contributed by atoms with Crippen LogP contribution in [0.25, 0.3) is 0 Å². The molecule has 0 saturated carbocycles. The van der Waals surface area contributed by atoms with Gasteiger partial charge in [0.15, 0.2) is 0 Å². The highest BCUT2D eigenvalue weighted by atomic mass is 15.1. The third-order valence-electron chi connectivity index (χ3n) is 3.81. The molecule has 0 bridgehead atoms. The van der Waals surface area contributed by atoms with Gasteiger partial charge in [0.05, 0.1) is 0 Å². The first kappa shape index (κ1) is 15.1. The molecule has 0 fully saturated rings. The van der Waals surface area contributed by atoms with Crippen molar-refractivity contribution in [3.05, 3.63) is 103 Å². The molecule has 0 spiro atoms. The molecule has 0 aliphatic carbocycles. The van der Waals surface area contributed by atoms with Crippen molar-refractivity contribution in [2.75, 3.05) is 4.90 Å². The van der Waals surface area contributed by atoms with E-state index in [-0.39, 0.29) is 0 Å². The van der Waals surface area contributed by atoms with Gasteiger partial charge in [0, 0.05) is 17.1 Å². The quantitative estimate of drug-likeness (QED) is 0.501. The molecular formula is C22H21N. The van der Waals surface area contributed by atoms with Crippen molar-refractivity contribution in [1.82, 2.24) is 0 Å². The molecule has 3 rings (SSSR count). The molecule has 1 nitrogen and oxygen atoms in total. The van der Waals surface area contributed by atoms with Gasteiger partial charge in [-0.05, 0) is 55.3 Å². The minimum absolute atomic E-state index is 0.980. The first-order valence-electron chi connectivity index (χ1n) is 7.99. The maximum Gasteiger partial charge on any atom is 0.0461 e. The van der Waals surface area contributed by atoms with Gasteiger partial charge in [-0.25, -0.2) is 0 Å². The highest BCUT2D eigenvalue weighted by Crippen LogP contribution is 2.33. The van der Waals surface area contributed by atoms with E-state index >= 15 is 0 Å². The van der Waals surface area contributed by atoms with E-state index in [4.69, 9.17) is 0 Å². The van der Waals surface area contributed by atoms with Crippen LogP contribution in [0, 0.1) is 0 Å². The predicted molar refractivity (Wildman–Crippen MR) is 99.6 cm³/mol. The van der Waals surface area contributed by atoms with Gasteiger partial charge in [-0.1, -0.05) is 60.7 Å². The zero-order chi connectivity index (χ0) is 15.9. The Hall–Kier alpha value is -2.80. The standard InChI is InChI=1S/C22H21N/c1-2-3-10-19-15-17-22(18-16-19)23(20-11-6-4-7-12-20)21-13-8-5-9-14-21/h2-9,11-18H,10H2,1H3/b3-2+. The number of nitrogens with zero attached hydrogens (tertiary/aromatic N) is 1. The van der Waals surface area contributed by atoms with Crippen molar-refractivity contribution in [1.29, 1.82) is 0 Å². The molecule has 114 valence electrons. The van der Waals surface area contributed by atoms with E-state index < -0.39 is 0 Å². The fraction of sp³-hybridized carbons (Fsp3) is 0.0909. The Bertz CT molecular complexity index is 703. The largest absolute Gasteiger partial charge is 0.311 e. The van der Waals surface area contributed by atoms with Crippen molar-refractivity contribution in [2.45, 2.75) is 13.3 Å². The lowest BCUT2D eigenvalue weighted by molar-refractivity contribution is 1.23. The van der Waals surface area contributed by atoms with Gasteiger partial charge in [0.25, 0.3) is 0 Å². The van der Waals surface area contributed by atoms with Crippen molar-refractivity contribution >= 4 is 17.1 Å². The van der Waals surface area contributed by atoms with Gasteiger partial charge in [0.1, 0.15) is 0 Å². The average Bonchev–Trinajstić information content (AvgIpc) is 2.63. The number of rotatable bonds is 5. The topological polar surface area (TPSA) is 3.24 Å². The Morgan fingerprint density at radius 1 is 0.652 bits per heavy atom. The zero-order valence-electron chi connectivity index (χ0n) is 13.4. The molecule has 1 heteroatoms. The van der Waals surface area contributed by atoms with Gasteiger partial charge >= 0.3 is 0 Å². The maximum absolute atomic E-state index is 2.28. The van der Waals surface area contributed by atoms with Crippen molar-refractivity contribution in [3.63, 3.8) is 0 Å². The summed E-state index contributed by atoms with van der Waals surface area (Å²) in [6, 6.07) is 29.7. The SMILES string of the molecule is C/C=C/Cc1ccc(N(c2ccccc2)c2ccccc2)cc1. The molecule has 0 atom stereocenters. The van der Waals surface area contributed by atoms with Gasteiger partial charge < -0.3 is 4.90 Å². The van der Waals surface area contributed by atoms with Crippen LogP contribution in [-0.2, 0) is 6.42 Å². The van der Waals surface area contributed by atoms with E-state index in [0.717, 1.165) is 6.42 Å². The fourth-order valence-corrected chi connectivity index (χ4v) is 2.64. The monoisotopic (exact) mass is 299 g/mol. The Labute approximate surface area is 138 Å². The average molecular weight is 299 g/mol. The second-order valence-corrected chi connectivity index (χ2v) is 5.45. The number of para-hydroxylation sites is 2. The van der Waals surface area contributed by atoms with Crippen molar-refractivity contribution in [2.24, 2.45) is 0 Å². The van der Waals surface area contributed by atoms with E-state index in [0.29, 0.717) is 0 Å². The Morgan fingerprint density at radius 3 is 1.61 bits per heavy atom. The normalized spacial score (nSPS) is 10.8. The third-order valence-corrected chi connectivity index (χ3v) is 3.81. The molecule has 0 aromatic heterocycles. The molecule has 0 amide bonds. The first-order chi connectivity index (χ1) is 11.4. The summed E-state index contributed by atoms with van der Waals surface area (Å²) in [5.41, 5.74) is 4.83. The Balaban J connectivity index is 1.99. The van der Waals surface area contributed by atoms with Crippen molar-refractivity contribution < 1.29 is 0 Å². The zero-order valence-corrected chi connectivity index (χ0v) is 13.4. The predicted octanol–water partition coefficient (Wildman–Crippen LogP) is 6.28. The van der Waals surface area contributed by atoms with Crippen LogP contribution >= 0.6 is 0 Å². The fourth-order valence-electron chi connectivity index (χ4n) is 2.64. The molecular weight excluding hydrogens is 278 g/mol. The van der Waals surface area contributed by atoms with Crippen LogP contribution in [0.15, 0.2) is 97.1 Å². The molecule has 0 heterocycles. The van der Waals surface area contributed by atoms with Crippen LogP contribution in [0.1, 0.15) is 12.5 Å². The number of hydrogen-bond acceptors (Lipinski definition) is 1. The summed E-state index contributed by atoms with van der Waals surface area (Å²) < 4.78 is 0. The van der Waals surface area contributed by atoms with Crippen LogP contribution in [0.2, 0.25) is 0 Å². The summed E-state index contributed by atoms with van der Waals surface area (Å²) in [4.78, 5) is 2.28. The minimum Gasteiger partial charge on any atom is -0.311 e. The van der Waals surface area contributed by atoms with Crippen molar-refractivity contribution in [3.8, 4) is 0 Å². The number of allylic oxidation sites excluding steroid dienone is 2. The van der Waals surface area contributed by atoms with Crippen LogP contribution < -0.4 is 4.90 Å². The van der Waals surface area contributed by atoms with Crippen LogP contribution in [0.3, 0.4) is 0 Å². The highest BCUT2D eigenvalue weighted by molar-refractivity contribution is 5.76. The number of anilines is 3. The lowest BCUT2D eigenvalue weighted by Gasteiger charge is -2.25. The summed E-state index contributed by atoms with van der Waals surface area (Å²) >= 11 is 0. The minimum atomic E-state index is 0.980. The Kier molecular flexibility index (Phi) is 4.90. The molecule has 0 radical (unpaired) electrons. The summed E-state index contributed by atoms with van der Waals surface area (Å²) in [5.74, 6) is 0.